The molecule has 2 rings (SSSR count). The van der Waals surface area contributed by atoms with Crippen molar-refractivity contribution in [2.45, 2.75) is 25.7 Å². The first-order valence-electron chi connectivity index (χ1n) is 8.29. The predicted molar refractivity (Wildman–Crippen MR) is 107 cm³/mol. The molecule has 2 aromatic carbocycles. The normalized spacial score (nSPS) is 11.9. The lowest BCUT2D eigenvalue weighted by Gasteiger charge is -2.22. The number of nitrogens with one attached hydrogen (secondary N) is 2. The molecule has 3 N–H and O–H groups in total. The summed E-state index contributed by atoms with van der Waals surface area (Å²) in [7, 11) is -8.43. The SMILES string of the molecule is CCN(CC)c1ccc(NS(=O)(=O)c2cccc(NS(=O)(=O)O)c2)c(C)c1. The van der Waals surface area contributed by atoms with Gasteiger partial charge in [0.2, 0.25) is 0 Å². The van der Waals surface area contributed by atoms with E-state index < -0.39 is 20.3 Å². The Labute approximate surface area is 160 Å². The van der Waals surface area contributed by atoms with Crippen LogP contribution in [0.15, 0.2) is 47.4 Å². The van der Waals surface area contributed by atoms with Crippen molar-refractivity contribution < 1.29 is 21.4 Å². The van der Waals surface area contributed by atoms with Crippen LogP contribution in [0, 0.1) is 6.92 Å². The molecule has 148 valence electrons. The molecule has 0 bridgehead atoms. The monoisotopic (exact) mass is 413 g/mol. The fourth-order valence-electron chi connectivity index (χ4n) is 2.63. The minimum absolute atomic E-state index is 0.0611. The number of hydrogen-bond acceptors (Lipinski definition) is 5. The zero-order valence-electron chi connectivity index (χ0n) is 15.3. The first kappa shape index (κ1) is 21.0. The summed E-state index contributed by atoms with van der Waals surface area (Å²) in [6.07, 6.45) is 0. The molecule has 0 aliphatic rings. The topological polar surface area (TPSA) is 116 Å². The fraction of sp³-hybridized carbons (Fsp3) is 0.294. The van der Waals surface area contributed by atoms with Gasteiger partial charge in [-0.2, -0.15) is 8.42 Å². The van der Waals surface area contributed by atoms with Gasteiger partial charge in [0.25, 0.3) is 10.0 Å². The van der Waals surface area contributed by atoms with Gasteiger partial charge in [-0.25, -0.2) is 8.42 Å². The number of benzene rings is 2. The summed E-state index contributed by atoms with van der Waals surface area (Å²) in [5.74, 6) is 0. The average molecular weight is 414 g/mol. The number of sulfonamides is 1. The van der Waals surface area contributed by atoms with Crippen molar-refractivity contribution in [2.75, 3.05) is 27.4 Å². The van der Waals surface area contributed by atoms with Crippen LogP contribution in [-0.2, 0) is 20.3 Å². The van der Waals surface area contributed by atoms with Crippen LogP contribution in [0.4, 0.5) is 17.1 Å². The van der Waals surface area contributed by atoms with Crippen molar-refractivity contribution in [2.24, 2.45) is 0 Å². The van der Waals surface area contributed by atoms with E-state index in [9.17, 15) is 16.8 Å². The van der Waals surface area contributed by atoms with Crippen LogP contribution in [0.2, 0.25) is 0 Å². The van der Waals surface area contributed by atoms with Crippen molar-refractivity contribution in [3.05, 3.63) is 48.0 Å². The van der Waals surface area contributed by atoms with Crippen LogP contribution in [0.5, 0.6) is 0 Å². The summed E-state index contributed by atoms with van der Waals surface area (Å²) in [5.41, 5.74) is 2.13. The smallest absolute Gasteiger partial charge is 0.357 e. The van der Waals surface area contributed by atoms with E-state index in [-0.39, 0.29) is 10.6 Å². The average Bonchev–Trinajstić information content (AvgIpc) is 2.57. The Kier molecular flexibility index (Phi) is 6.34. The largest absolute Gasteiger partial charge is 0.372 e. The van der Waals surface area contributed by atoms with Crippen molar-refractivity contribution in [3.8, 4) is 0 Å². The molecule has 0 spiro atoms. The maximum Gasteiger partial charge on any atom is 0.357 e. The first-order valence-corrected chi connectivity index (χ1v) is 11.2. The Morgan fingerprint density at radius 2 is 1.63 bits per heavy atom. The quantitative estimate of drug-likeness (QED) is 0.573. The van der Waals surface area contributed by atoms with Crippen molar-refractivity contribution >= 4 is 37.4 Å². The van der Waals surface area contributed by atoms with Crippen LogP contribution in [0.25, 0.3) is 0 Å². The Bertz CT molecular complexity index is 1020. The van der Waals surface area contributed by atoms with Gasteiger partial charge in [-0.1, -0.05) is 6.07 Å². The summed E-state index contributed by atoms with van der Waals surface area (Å²) in [5, 5.41) is 0. The van der Waals surface area contributed by atoms with Crippen molar-refractivity contribution in [1.29, 1.82) is 0 Å². The maximum absolute atomic E-state index is 12.6. The van der Waals surface area contributed by atoms with Gasteiger partial charge in [-0.15, -0.1) is 0 Å². The summed E-state index contributed by atoms with van der Waals surface area (Å²) < 4.78 is 60.3. The molecule has 0 heterocycles. The molecule has 0 saturated carbocycles. The molecule has 0 saturated heterocycles. The van der Waals surface area contributed by atoms with Crippen LogP contribution >= 0.6 is 0 Å². The number of nitrogens with zero attached hydrogens (tertiary/aromatic N) is 1. The molecule has 0 aliphatic heterocycles. The highest BCUT2D eigenvalue weighted by molar-refractivity contribution is 7.92. The Hall–Kier alpha value is -2.30. The van der Waals surface area contributed by atoms with E-state index in [0.29, 0.717) is 5.69 Å². The molecule has 0 amide bonds. The van der Waals surface area contributed by atoms with E-state index in [1.54, 1.807) is 13.0 Å². The molecule has 2 aromatic rings. The number of hydrogen-bond donors (Lipinski definition) is 3. The van der Waals surface area contributed by atoms with E-state index >= 15 is 0 Å². The van der Waals surface area contributed by atoms with Gasteiger partial charge in [0.05, 0.1) is 16.3 Å². The molecule has 0 atom stereocenters. The molecule has 0 unspecified atom stereocenters. The highest BCUT2D eigenvalue weighted by Crippen LogP contribution is 2.26. The lowest BCUT2D eigenvalue weighted by molar-refractivity contribution is 0.489. The van der Waals surface area contributed by atoms with Crippen molar-refractivity contribution in [1.82, 2.24) is 0 Å². The van der Waals surface area contributed by atoms with E-state index in [0.717, 1.165) is 30.4 Å². The Morgan fingerprint density at radius 1 is 0.963 bits per heavy atom. The molecule has 8 nitrogen and oxygen atoms in total. The van der Waals surface area contributed by atoms with Crippen LogP contribution in [-0.4, -0.2) is 34.5 Å². The third-order valence-corrected chi connectivity index (χ3v) is 5.83. The summed E-state index contributed by atoms with van der Waals surface area (Å²) in [4.78, 5) is 2.01. The third kappa shape index (κ3) is 5.59. The molecule has 0 aromatic heterocycles. The molecule has 27 heavy (non-hydrogen) atoms. The van der Waals surface area contributed by atoms with Gasteiger partial charge >= 0.3 is 10.3 Å². The van der Waals surface area contributed by atoms with Gasteiger partial charge in [0.15, 0.2) is 0 Å². The molecular weight excluding hydrogens is 390 g/mol. The first-order chi connectivity index (χ1) is 12.6. The third-order valence-electron chi connectivity index (χ3n) is 3.97. The highest BCUT2D eigenvalue weighted by atomic mass is 32.2. The van der Waals surface area contributed by atoms with E-state index in [4.69, 9.17) is 4.55 Å². The lowest BCUT2D eigenvalue weighted by atomic mass is 10.1. The number of rotatable bonds is 8. The van der Waals surface area contributed by atoms with Crippen LogP contribution < -0.4 is 14.3 Å². The van der Waals surface area contributed by atoms with Gasteiger partial charge < -0.3 is 4.90 Å². The zero-order valence-corrected chi connectivity index (χ0v) is 16.9. The van der Waals surface area contributed by atoms with Gasteiger partial charge in [-0.05, 0) is 62.7 Å². The summed E-state index contributed by atoms with van der Waals surface area (Å²) in [6, 6.07) is 10.6. The predicted octanol–water partition coefficient (Wildman–Crippen LogP) is 2.86. The zero-order chi connectivity index (χ0) is 20.2. The second kappa shape index (κ2) is 8.15. The molecule has 0 radical (unpaired) electrons. The maximum atomic E-state index is 12.6. The molecule has 10 heteroatoms. The van der Waals surface area contributed by atoms with Crippen LogP contribution in [0.1, 0.15) is 19.4 Å². The van der Waals surface area contributed by atoms with E-state index in [2.05, 4.69) is 9.62 Å². The van der Waals surface area contributed by atoms with E-state index in [1.165, 1.54) is 18.2 Å². The van der Waals surface area contributed by atoms with Crippen molar-refractivity contribution in [3.63, 3.8) is 0 Å². The highest BCUT2D eigenvalue weighted by Gasteiger charge is 2.17. The number of anilines is 3. The lowest BCUT2D eigenvalue weighted by Crippen LogP contribution is -2.22. The molecule has 0 fully saturated rings. The summed E-state index contributed by atoms with van der Waals surface area (Å²) in [6.45, 7) is 7.58. The molecular formula is C17H23N3O5S2. The minimum atomic E-state index is -4.49. The molecule has 0 aliphatic carbocycles. The standard InChI is InChI=1S/C17H23N3O5S2/c1-4-20(5-2)15-9-10-17(13(3)11-15)19-26(21,22)16-8-6-7-14(12-16)18-27(23,24)25/h6-12,18-19H,4-5H2,1-3H3,(H,23,24,25). The second-order valence-electron chi connectivity index (χ2n) is 5.88. The minimum Gasteiger partial charge on any atom is -0.372 e. The second-order valence-corrected chi connectivity index (χ2v) is 8.72. The Morgan fingerprint density at radius 3 is 2.19 bits per heavy atom. The summed E-state index contributed by atoms with van der Waals surface area (Å²) >= 11 is 0. The van der Waals surface area contributed by atoms with Crippen LogP contribution in [0.3, 0.4) is 0 Å². The van der Waals surface area contributed by atoms with Gasteiger partial charge in [0.1, 0.15) is 0 Å². The Balaban J connectivity index is 2.30. The van der Waals surface area contributed by atoms with Gasteiger partial charge in [0, 0.05) is 18.8 Å². The number of aryl methyl sites for hydroxylation is 1. The fourth-order valence-corrected chi connectivity index (χ4v) is 4.23. The van der Waals surface area contributed by atoms with Gasteiger partial charge in [-0.3, -0.25) is 14.0 Å². The van der Waals surface area contributed by atoms with E-state index in [1.807, 2.05) is 30.7 Å².